The Morgan fingerprint density at radius 2 is 2.27 bits per heavy atom. The molecule has 0 aliphatic carbocycles. The smallest absolute Gasteiger partial charge is 0.317 e. The maximum Gasteiger partial charge on any atom is 0.317 e. The Labute approximate surface area is 151 Å². The van der Waals surface area contributed by atoms with Crippen molar-refractivity contribution in [2.24, 2.45) is 0 Å². The van der Waals surface area contributed by atoms with Gasteiger partial charge in [-0.3, -0.25) is 9.78 Å². The predicted octanol–water partition coefficient (Wildman–Crippen LogP) is 1.67. The van der Waals surface area contributed by atoms with Crippen LogP contribution in [-0.2, 0) is 0 Å². The van der Waals surface area contributed by atoms with Crippen molar-refractivity contribution in [1.82, 2.24) is 25.3 Å². The number of likely N-dealkylation sites (tertiary alicyclic amines) is 1. The van der Waals surface area contributed by atoms with E-state index < -0.39 is 0 Å². The molecular formula is C18H21N5O3. The number of hydrogen-bond donors (Lipinski definition) is 1. The summed E-state index contributed by atoms with van der Waals surface area (Å²) in [6.07, 6.45) is 5.12. The third kappa shape index (κ3) is 2.91. The van der Waals surface area contributed by atoms with Crippen molar-refractivity contribution in [1.29, 1.82) is 0 Å². The van der Waals surface area contributed by atoms with Gasteiger partial charge in [-0.15, -0.1) is 0 Å². The number of amides is 3. The number of urea groups is 1. The fourth-order valence-corrected chi connectivity index (χ4v) is 3.71. The molecule has 3 amide bonds. The summed E-state index contributed by atoms with van der Waals surface area (Å²) in [6, 6.07) is 3.67. The Bertz CT molecular complexity index is 819. The first-order valence-electron chi connectivity index (χ1n) is 8.85. The van der Waals surface area contributed by atoms with Crippen molar-refractivity contribution < 1.29 is 14.1 Å². The molecule has 2 aromatic rings. The van der Waals surface area contributed by atoms with Crippen molar-refractivity contribution in [2.75, 3.05) is 26.2 Å². The zero-order valence-electron chi connectivity index (χ0n) is 14.6. The van der Waals surface area contributed by atoms with Gasteiger partial charge >= 0.3 is 6.03 Å². The molecule has 0 aromatic carbocycles. The molecule has 8 heteroatoms. The van der Waals surface area contributed by atoms with Gasteiger partial charge in [0.1, 0.15) is 17.0 Å². The van der Waals surface area contributed by atoms with Crippen molar-refractivity contribution >= 4 is 11.9 Å². The minimum absolute atomic E-state index is 0.0403. The van der Waals surface area contributed by atoms with Gasteiger partial charge in [0, 0.05) is 44.1 Å². The summed E-state index contributed by atoms with van der Waals surface area (Å²) >= 11 is 0. The molecule has 26 heavy (non-hydrogen) atoms. The summed E-state index contributed by atoms with van der Waals surface area (Å²) in [5.74, 6) is 0.391. The number of hydrogen-bond acceptors (Lipinski definition) is 5. The van der Waals surface area contributed by atoms with E-state index in [1.54, 1.807) is 30.3 Å². The minimum Gasteiger partial charge on any atom is -0.360 e. The molecule has 0 radical (unpaired) electrons. The van der Waals surface area contributed by atoms with E-state index >= 15 is 0 Å². The van der Waals surface area contributed by atoms with E-state index in [9.17, 15) is 9.59 Å². The Kier molecular flexibility index (Phi) is 4.32. The summed E-state index contributed by atoms with van der Waals surface area (Å²) in [5.41, 5.74) is 1.74. The maximum atomic E-state index is 13.2. The molecule has 136 valence electrons. The number of pyridine rings is 1. The number of nitrogens with zero attached hydrogens (tertiary/aromatic N) is 4. The first kappa shape index (κ1) is 16.6. The van der Waals surface area contributed by atoms with E-state index in [0.717, 1.165) is 18.4 Å². The molecule has 8 nitrogen and oxygen atoms in total. The molecule has 4 rings (SSSR count). The lowest BCUT2D eigenvalue weighted by Crippen LogP contribution is -2.50. The quantitative estimate of drug-likeness (QED) is 0.904. The standard InChI is InChI=1S/C18H21N5O3/c1-12-15(16(21-26-12)13-4-2-6-19-10-13)17(24)22-8-3-5-14(11-22)23-9-7-20-18(23)25/h2,4,6,10,14H,3,5,7-9,11H2,1H3,(H,20,25). The maximum absolute atomic E-state index is 13.2. The van der Waals surface area contributed by atoms with Crippen LogP contribution in [0.25, 0.3) is 11.3 Å². The highest BCUT2D eigenvalue weighted by molar-refractivity contribution is 6.00. The van der Waals surface area contributed by atoms with Crippen molar-refractivity contribution in [2.45, 2.75) is 25.8 Å². The van der Waals surface area contributed by atoms with E-state index in [2.05, 4.69) is 15.5 Å². The van der Waals surface area contributed by atoms with Crippen molar-refractivity contribution in [3.63, 3.8) is 0 Å². The molecule has 0 bridgehead atoms. The van der Waals surface area contributed by atoms with Crippen molar-refractivity contribution in [3.05, 3.63) is 35.9 Å². The number of carbonyl (C=O) groups is 2. The second-order valence-electron chi connectivity index (χ2n) is 6.68. The molecule has 1 unspecified atom stereocenters. The summed E-state index contributed by atoms with van der Waals surface area (Å²) < 4.78 is 5.31. The van der Waals surface area contributed by atoms with Crippen LogP contribution in [0.2, 0.25) is 0 Å². The number of aromatic nitrogens is 2. The summed E-state index contributed by atoms with van der Waals surface area (Å²) in [5, 5.41) is 6.90. The third-order valence-electron chi connectivity index (χ3n) is 5.03. The predicted molar refractivity (Wildman–Crippen MR) is 93.5 cm³/mol. The van der Waals surface area contributed by atoms with Crippen LogP contribution in [0.3, 0.4) is 0 Å². The van der Waals surface area contributed by atoms with Crippen LogP contribution < -0.4 is 5.32 Å². The van der Waals surface area contributed by atoms with Gasteiger partial charge in [-0.05, 0) is 31.9 Å². The Morgan fingerprint density at radius 1 is 1.38 bits per heavy atom. The number of nitrogens with one attached hydrogen (secondary N) is 1. The molecule has 1 N–H and O–H groups in total. The van der Waals surface area contributed by atoms with E-state index in [0.29, 0.717) is 43.2 Å². The molecule has 0 spiro atoms. The van der Waals surface area contributed by atoms with Crippen LogP contribution in [0.5, 0.6) is 0 Å². The third-order valence-corrected chi connectivity index (χ3v) is 5.03. The van der Waals surface area contributed by atoms with Crippen LogP contribution in [0.1, 0.15) is 29.0 Å². The SMILES string of the molecule is Cc1onc(-c2cccnc2)c1C(=O)N1CCCC(N2CCNC2=O)C1. The van der Waals surface area contributed by atoms with Gasteiger partial charge in [-0.25, -0.2) is 4.79 Å². The van der Waals surface area contributed by atoms with Crippen LogP contribution in [0.4, 0.5) is 4.79 Å². The lowest BCUT2D eigenvalue weighted by Gasteiger charge is -2.37. The van der Waals surface area contributed by atoms with E-state index in [4.69, 9.17) is 4.52 Å². The number of carbonyl (C=O) groups excluding carboxylic acids is 2. The molecule has 2 aromatic heterocycles. The number of piperidine rings is 1. The molecular weight excluding hydrogens is 334 g/mol. The summed E-state index contributed by atoms with van der Waals surface area (Å²) in [6.45, 7) is 4.30. The molecule has 0 saturated carbocycles. The van der Waals surface area contributed by atoms with Crippen molar-refractivity contribution in [3.8, 4) is 11.3 Å². The topological polar surface area (TPSA) is 91.6 Å². The minimum atomic E-state index is -0.105. The summed E-state index contributed by atoms with van der Waals surface area (Å²) in [7, 11) is 0. The fourth-order valence-electron chi connectivity index (χ4n) is 3.71. The molecule has 2 saturated heterocycles. The summed E-state index contributed by atoms with van der Waals surface area (Å²) in [4.78, 5) is 32.9. The van der Waals surface area contributed by atoms with E-state index in [1.165, 1.54) is 0 Å². The van der Waals surface area contributed by atoms with Crippen LogP contribution in [0.15, 0.2) is 29.0 Å². The number of aryl methyl sites for hydroxylation is 1. The highest BCUT2D eigenvalue weighted by atomic mass is 16.5. The fraction of sp³-hybridized carbons (Fsp3) is 0.444. The lowest BCUT2D eigenvalue weighted by molar-refractivity contribution is 0.0633. The molecule has 2 fully saturated rings. The van der Waals surface area contributed by atoms with E-state index in [-0.39, 0.29) is 18.0 Å². The molecule has 1 atom stereocenters. The molecule has 4 heterocycles. The van der Waals surface area contributed by atoms with Gasteiger partial charge in [0.05, 0.1) is 6.04 Å². The van der Waals surface area contributed by atoms with Crippen LogP contribution in [0, 0.1) is 6.92 Å². The van der Waals surface area contributed by atoms with Gasteiger partial charge in [-0.2, -0.15) is 0 Å². The Morgan fingerprint density at radius 3 is 3.00 bits per heavy atom. The highest BCUT2D eigenvalue weighted by Crippen LogP contribution is 2.27. The second kappa shape index (κ2) is 6.78. The van der Waals surface area contributed by atoms with E-state index in [1.807, 2.05) is 11.0 Å². The van der Waals surface area contributed by atoms with Gasteiger partial charge < -0.3 is 19.6 Å². The normalized spacial score (nSPS) is 20.3. The van der Waals surface area contributed by atoms with Gasteiger partial charge in [-0.1, -0.05) is 5.16 Å². The van der Waals surface area contributed by atoms with Gasteiger partial charge in [0.15, 0.2) is 0 Å². The lowest BCUT2D eigenvalue weighted by atomic mass is 10.0. The first-order valence-corrected chi connectivity index (χ1v) is 8.85. The zero-order valence-corrected chi connectivity index (χ0v) is 14.6. The second-order valence-corrected chi connectivity index (χ2v) is 6.68. The highest BCUT2D eigenvalue weighted by Gasteiger charge is 2.35. The average Bonchev–Trinajstić information content (AvgIpc) is 3.27. The van der Waals surface area contributed by atoms with Crippen LogP contribution >= 0.6 is 0 Å². The Hall–Kier alpha value is -2.90. The average molecular weight is 355 g/mol. The van der Waals surface area contributed by atoms with Crippen LogP contribution in [-0.4, -0.2) is 64.1 Å². The monoisotopic (exact) mass is 355 g/mol. The Balaban J connectivity index is 1.58. The molecule has 2 aliphatic heterocycles. The molecule has 2 aliphatic rings. The zero-order chi connectivity index (χ0) is 18.1. The number of rotatable bonds is 3. The van der Waals surface area contributed by atoms with Gasteiger partial charge in [0.25, 0.3) is 5.91 Å². The first-order chi connectivity index (χ1) is 12.6. The largest absolute Gasteiger partial charge is 0.360 e. The van der Waals surface area contributed by atoms with Gasteiger partial charge in [0.2, 0.25) is 0 Å².